The molecule has 7 atom stereocenters. The van der Waals surface area contributed by atoms with Crippen LogP contribution in [-0.2, 0) is 32.1 Å². The number of carbonyl (C=O) groups excluding carboxylic acids is 4. The fraction of sp³-hybridized carbons (Fsp3) is 0.558. The van der Waals surface area contributed by atoms with Gasteiger partial charge in [-0.05, 0) is 62.2 Å². The van der Waals surface area contributed by atoms with E-state index in [9.17, 15) is 24.3 Å². The smallest absolute Gasteiger partial charge is 0.308 e. The molecule has 2 aromatic carbocycles. The van der Waals surface area contributed by atoms with Crippen LogP contribution >= 0.6 is 11.3 Å². The predicted octanol–water partition coefficient (Wildman–Crippen LogP) is 6.18. The monoisotopic (exact) mass is 775 g/mol. The van der Waals surface area contributed by atoms with Crippen LogP contribution in [0.3, 0.4) is 0 Å². The van der Waals surface area contributed by atoms with E-state index in [0.29, 0.717) is 30.8 Å². The molecule has 12 heteroatoms. The molecule has 55 heavy (non-hydrogen) atoms. The zero-order valence-electron chi connectivity index (χ0n) is 33.6. The van der Waals surface area contributed by atoms with Crippen molar-refractivity contribution in [2.45, 2.75) is 116 Å². The topological polar surface area (TPSA) is 141 Å². The van der Waals surface area contributed by atoms with E-state index < -0.39 is 30.0 Å². The Morgan fingerprint density at radius 3 is 2.22 bits per heavy atom. The minimum atomic E-state index is -1.06. The van der Waals surface area contributed by atoms with Gasteiger partial charge >= 0.3 is 5.97 Å². The maximum atomic E-state index is 14.8. The van der Waals surface area contributed by atoms with Crippen LogP contribution in [0.15, 0.2) is 66.0 Å². The number of amides is 3. The second-order valence-electron chi connectivity index (χ2n) is 15.5. The van der Waals surface area contributed by atoms with Crippen LogP contribution in [0.2, 0.25) is 0 Å². The number of nitrogens with zero attached hydrogens (tertiary/aromatic N) is 3. The van der Waals surface area contributed by atoms with Gasteiger partial charge < -0.3 is 25.4 Å². The van der Waals surface area contributed by atoms with Gasteiger partial charge in [-0.1, -0.05) is 108 Å². The highest BCUT2D eigenvalue weighted by molar-refractivity contribution is 7.09. The number of ether oxygens (including phenoxy) is 1. The molecular weight excluding hydrogens is 715 g/mol. The van der Waals surface area contributed by atoms with E-state index in [-0.39, 0.29) is 53.8 Å². The van der Waals surface area contributed by atoms with Crippen molar-refractivity contribution in [2.24, 2.45) is 17.8 Å². The van der Waals surface area contributed by atoms with Gasteiger partial charge in [0.25, 0.3) is 5.91 Å². The first-order valence-electron chi connectivity index (χ1n) is 19.7. The molecular formula is C43H61N5O6S. The molecule has 0 spiro atoms. The summed E-state index contributed by atoms with van der Waals surface area (Å²) in [5, 5.41) is 19.9. The van der Waals surface area contributed by atoms with Crippen molar-refractivity contribution in [2.75, 3.05) is 20.7 Å². The molecule has 1 aromatic heterocycles. The lowest BCUT2D eigenvalue weighted by atomic mass is 9.91. The predicted molar refractivity (Wildman–Crippen MR) is 216 cm³/mol. The van der Waals surface area contributed by atoms with Crippen LogP contribution < -0.4 is 10.6 Å². The van der Waals surface area contributed by atoms with Crippen molar-refractivity contribution in [3.63, 3.8) is 0 Å². The average molecular weight is 776 g/mol. The number of carbonyl (C=O) groups is 4. The number of esters is 1. The number of likely N-dealkylation sites (tertiary alicyclic amines) is 1. The molecule has 1 aliphatic heterocycles. The van der Waals surface area contributed by atoms with E-state index in [1.54, 1.807) is 12.3 Å². The van der Waals surface area contributed by atoms with Crippen molar-refractivity contribution in [1.82, 2.24) is 25.4 Å². The molecule has 0 aliphatic carbocycles. The summed E-state index contributed by atoms with van der Waals surface area (Å²) in [5.74, 6) is -1.66. The van der Waals surface area contributed by atoms with Gasteiger partial charge in [0.15, 0.2) is 0 Å². The van der Waals surface area contributed by atoms with Gasteiger partial charge in [0.1, 0.15) is 22.8 Å². The van der Waals surface area contributed by atoms with Gasteiger partial charge in [0.2, 0.25) is 11.8 Å². The van der Waals surface area contributed by atoms with E-state index in [1.165, 1.54) is 18.4 Å². The number of aromatic nitrogens is 1. The van der Waals surface area contributed by atoms with Crippen LogP contribution in [-0.4, -0.2) is 88.5 Å². The third-order valence-electron chi connectivity index (χ3n) is 10.9. The molecule has 0 saturated carbocycles. The Kier molecular flexibility index (Phi) is 16.8. The number of aliphatic hydroxyl groups is 1. The molecule has 3 aromatic rings. The number of benzene rings is 2. The third kappa shape index (κ3) is 12.4. The molecule has 4 rings (SSSR count). The van der Waals surface area contributed by atoms with Crippen LogP contribution in [0.4, 0.5) is 0 Å². The minimum Gasteiger partial charge on any atom is -0.469 e. The fourth-order valence-corrected chi connectivity index (χ4v) is 8.16. The van der Waals surface area contributed by atoms with E-state index in [1.807, 2.05) is 100 Å². The third-order valence-corrected chi connectivity index (χ3v) is 11.9. The number of likely N-dealkylation sites (N-methyl/N-ethyl adjacent to an activating group) is 1. The summed E-state index contributed by atoms with van der Waals surface area (Å²) in [4.78, 5) is 62.8. The van der Waals surface area contributed by atoms with E-state index in [2.05, 4.69) is 20.5 Å². The lowest BCUT2D eigenvalue weighted by Gasteiger charge is -2.40. The van der Waals surface area contributed by atoms with Gasteiger partial charge in [-0.3, -0.25) is 24.1 Å². The highest BCUT2D eigenvalue weighted by Gasteiger charge is 2.38. The summed E-state index contributed by atoms with van der Waals surface area (Å²) in [5.41, 5.74) is 2.13. The Hall–Kier alpha value is -4.13. The van der Waals surface area contributed by atoms with Crippen LogP contribution in [0.25, 0.3) is 0 Å². The molecule has 3 amide bonds. The highest BCUT2D eigenvalue weighted by atomic mass is 32.1. The Morgan fingerprint density at radius 2 is 1.62 bits per heavy atom. The van der Waals surface area contributed by atoms with Crippen LogP contribution in [0.1, 0.15) is 106 Å². The second-order valence-corrected chi connectivity index (χ2v) is 16.4. The summed E-state index contributed by atoms with van der Waals surface area (Å²) in [6, 6.07) is 17.7. The standard InChI is InChI=1S/C43H61N5O6S/c1-8-29(4)38(46-40(51)35-21-15-16-22-47(35)6)42(52)48(26-32-19-13-10-14-20-32)36(28(2)3)25-37(49)41-45-34(27-55-41)39(50)44-33(23-30(5)43(53)54-7)24-31-17-11-9-12-18-31/h9-14,17-20,27-30,33,35-38,49H,8,15-16,21-26H2,1-7H3,(H,44,50)(H,46,51)/t29-,30+,33-,35?,36-,37-,38+/m1/s1. The van der Waals surface area contributed by atoms with Gasteiger partial charge in [-0.15, -0.1) is 11.3 Å². The molecule has 11 nitrogen and oxygen atoms in total. The first-order valence-corrected chi connectivity index (χ1v) is 20.6. The van der Waals surface area contributed by atoms with Gasteiger partial charge in [0, 0.05) is 30.4 Å². The summed E-state index contributed by atoms with van der Waals surface area (Å²) in [6.45, 7) is 11.0. The van der Waals surface area contributed by atoms with Crippen molar-refractivity contribution >= 4 is 35.0 Å². The first-order chi connectivity index (χ1) is 26.3. The number of piperidine rings is 1. The van der Waals surface area contributed by atoms with Crippen molar-refractivity contribution in [3.8, 4) is 0 Å². The van der Waals surface area contributed by atoms with E-state index in [0.717, 1.165) is 36.9 Å². The van der Waals surface area contributed by atoms with Gasteiger partial charge in [-0.25, -0.2) is 4.98 Å². The number of aliphatic hydroxyl groups excluding tert-OH is 1. The number of rotatable bonds is 19. The molecule has 300 valence electrons. The maximum absolute atomic E-state index is 14.8. The maximum Gasteiger partial charge on any atom is 0.308 e. The second kappa shape index (κ2) is 21.2. The van der Waals surface area contributed by atoms with Gasteiger partial charge in [-0.2, -0.15) is 0 Å². The van der Waals surface area contributed by atoms with Crippen molar-refractivity contribution in [3.05, 3.63) is 87.9 Å². The fourth-order valence-electron chi connectivity index (χ4n) is 7.37. The van der Waals surface area contributed by atoms with Crippen molar-refractivity contribution in [1.29, 1.82) is 0 Å². The average Bonchev–Trinajstić information content (AvgIpc) is 3.69. The molecule has 1 unspecified atom stereocenters. The summed E-state index contributed by atoms with van der Waals surface area (Å²) < 4.78 is 4.94. The number of hydrogen-bond acceptors (Lipinski definition) is 9. The molecule has 0 bridgehead atoms. The van der Waals surface area contributed by atoms with Crippen LogP contribution in [0.5, 0.6) is 0 Å². The Labute approximate surface area is 331 Å². The van der Waals surface area contributed by atoms with E-state index >= 15 is 0 Å². The normalized spacial score (nSPS) is 18.0. The Morgan fingerprint density at radius 1 is 0.964 bits per heavy atom. The largest absolute Gasteiger partial charge is 0.469 e. The summed E-state index contributed by atoms with van der Waals surface area (Å²) in [7, 11) is 3.31. The first kappa shape index (κ1) is 43.6. The molecule has 2 heterocycles. The van der Waals surface area contributed by atoms with Crippen LogP contribution in [0, 0.1) is 17.8 Å². The zero-order chi connectivity index (χ0) is 40.1. The summed E-state index contributed by atoms with van der Waals surface area (Å²) in [6.07, 6.45) is 3.50. The summed E-state index contributed by atoms with van der Waals surface area (Å²) >= 11 is 1.20. The molecule has 0 radical (unpaired) electrons. The molecule has 1 saturated heterocycles. The minimum absolute atomic E-state index is 0.0571. The zero-order valence-corrected chi connectivity index (χ0v) is 34.4. The number of thiazole rings is 1. The number of hydrogen-bond donors (Lipinski definition) is 3. The van der Waals surface area contributed by atoms with Crippen molar-refractivity contribution < 1.29 is 29.0 Å². The molecule has 3 N–H and O–H groups in total. The number of methoxy groups -OCH3 is 1. The number of nitrogens with one attached hydrogen (secondary N) is 2. The lowest BCUT2D eigenvalue weighted by Crippen LogP contribution is -2.58. The molecule has 1 fully saturated rings. The van der Waals surface area contributed by atoms with Gasteiger partial charge in [0.05, 0.1) is 19.1 Å². The molecule has 1 aliphatic rings. The highest BCUT2D eigenvalue weighted by Crippen LogP contribution is 2.30. The SMILES string of the molecule is CC[C@@H](C)[C@H](NC(=O)C1CCCCN1C)C(=O)N(Cc1ccccc1)[C@H](C[C@@H](O)c1nc(C(=O)N[C@@H](Cc2ccccc2)C[C@H](C)C(=O)OC)cs1)C(C)C. The Balaban J connectivity index is 1.56. The Bertz CT molecular complexity index is 1670. The van der Waals surface area contributed by atoms with E-state index in [4.69, 9.17) is 4.74 Å². The quantitative estimate of drug-likeness (QED) is 0.123. The lowest BCUT2D eigenvalue weighted by molar-refractivity contribution is -0.145.